The highest BCUT2D eigenvalue weighted by molar-refractivity contribution is 5.46. The number of rotatable bonds is 3. The molecule has 0 amide bonds. The van der Waals surface area contributed by atoms with Crippen molar-refractivity contribution in [3.05, 3.63) is 12.4 Å². The van der Waals surface area contributed by atoms with Crippen LogP contribution in [0.3, 0.4) is 0 Å². The van der Waals surface area contributed by atoms with Crippen LogP contribution in [-0.4, -0.2) is 23.1 Å². The standard InChI is InChI=1S/C13H22N4/c1-14-12-9-13(16-10-15-12)17-11-7-5-3-2-4-6-8-11/h9-11H,2-8H2,1H3,(H2,14,15,16,17). The summed E-state index contributed by atoms with van der Waals surface area (Å²) in [6.07, 6.45) is 11.0. The Kier molecular flexibility index (Phi) is 4.59. The lowest BCUT2D eigenvalue weighted by molar-refractivity contribution is 0.470. The first-order chi connectivity index (χ1) is 8.38. The van der Waals surface area contributed by atoms with Gasteiger partial charge in [0.15, 0.2) is 0 Å². The number of nitrogens with one attached hydrogen (secondary N) is 2. The molecule has 1 fully saturated rings. The number of hydrogen-bond acceptors (Lipinski definition) is 4. The summed E-state index contributed by atoms with van der Waals surface area (Å²) in [6, 6.07) is 2.55. The van der Waals surface area contributed by atoms with E-state index in [2.05, 4.69) is 20.6 Å². The van der Waals surface area contributed by atoms with Gasteiger partial charge in [-0.3, -0.25) is 0 Å². The minimum Gasteiger partial charge on any atom is -0.373 e. The zero-order chi connectivity index (χ0) is 11.9. The van der Waals surface area contributed by atoms with Crippen molar-refractivity contribution in [2.45, 2.75) is 51.0 Å². The van der Waals surface area contributed by atoms with Crippen molar-refractivity contribution in [1.29, 1.82) is 0 Å². The molecular formula is C13H22N4. The maximum absolute atomic E-state index is 4.27. The molecular weight excluding hydrogens is 212 g/mol. The molecule has 17 heavy (non-hydrogen) atoms. The lowest BCUT2D eigenvalue weighted by Gasteiger charge is -2.21. The van der Waals surface area contributed by atoms with E-state index in [1.54, 1.807) is 6.33 Å². The quantitative estimate of drug-likeness (QED) is 0.844. The SMILES string of the molecule is CNc1cc(NC2CCCCCCC2)ncn1. The Hall–Kier alpha value is -1.32. The van der Waals surface area contributed by atoms with Gasteiger partial charge in [0.25, 0.3) is 0 Å². The molecule has 0 radical (unpaired) electrons. The van der Waals surface area contributed by atoms with E-state index in [0.717, 1.165) is 11.6 Å². The van der Waals surface area contributed by atoms with E-state index in [9.17, 15) is 0 Å². The van der Waals surface area contributed by atoms with Crippen molar-refractivity contribution in [2.75, 3.05) is 17.7 Å². The fraction of sp³-hybridized carbons (Fsp3) is 0.692. The number of hydrogen-bond donors (Lipinski definition) is 2. The number of anilines is 2. The highest BCUT2D eigenvalue weighted by atomic mass is 15.1. The summed E-state index contributed by atoms with van der Waals surface area (Å²) in [5.41, 5.74) is 0. The van der Waals surface area contributed by atoms with E-state index in [4.69, 9.17) is 0 Å². The van der Waals surface area contributed by atoms with Crippen LogP contribution >= 0.6 is 0 Å². The molecule has 2 N–H and O–H groups in total. The van der Waals surface area contributed by atoms with Gasteiger partial charge in [-0.25, -0.2) is 9.97 Å². The molecule has 1 aliphatic carbocycles. The Balaban J connectivity index is 1.93. The monoisotopic (exact) mass is 234 g/mol. The van der Waals surface area contributed by atoms with Gasteiger partial charge in [0.1, 0.15) is 18.0 Å². The van der Waals surface area contributed by atoms with E-state index >= 15 is 0 Å². The van der Waals surface area contributed by atoms with Crippen LogP contribution in [0.15, 0.2) is 12.4 Å². The van der Waals surface area contributed by atoms with Crippen molar-refractivity contribution in [2.24, 2.45) is 0 Å². The molecule has 0 saturated heterocycles. The summed E-state index contributed by atoms with van der Waals surface area (Å²) in [7, 11) is 1.88. The van der Waals surface area contributed by atoms with Crippen molar-refractivity contribution in [3.8, 4) is 0 Å². The molecule has 0 unspecified atom stereocenters. The third-order valence-corrected chi connectivity index (χ3v) is 3.38. The molecule has 2 rings (SSSR count). The van der Waals surface area contributed by atoms with Crippen LogP contribution in [0.1, 0.15) is 44.9 Å². The maximum Gasteiger partial charge on any atom is 0.131 e. The topological polar surface area (TPSA) is 49.8 Å². The molecule has 0 bridgehead atoms. The molecule has 94 valence electrons. The van der Waals surface area contributed by atoms with Crippen LogP contribution in [0.25, 0.3) is 0 Å². The average molecular weight is 234 g/mol. The van der Waals surface area contributed by atoms with E-state index < -0.39 is 0 Å². The van der Waals surface area contributed by atoms with E-state index in [1.807, 2.05) is 13.1 Å². The second-order valence-corrected chi connectivity index (χ2v) is 4.72. The van der Waals surface area contributed by atoms with Gasteiger partial charge in [-0.1, -0.05) is 32.1 Å². The molecule has 0 aliphatic heterocycles. The summed E-state index contributed by atoms with van der Waals surface area (Å²) in [4.78, 5) is 8.40. The van der Waals surface area contributed by atoms with Gasteiger partial charge in [-0.15, -0.1) is 0 Å². The van der Waals surface area contributed by atoms with Gasteiger partial charge in [0.2, 0.25) is 0 Å². The highest BCUT2D eigenvalue weighted by Crippen LogP contribution is 2.20. The van der Waals surface area contributed by atoms with Crippen LogP contribution in [0, 0.1) is 0 Å². The van der Waals surface area contributed by atoms with Crippen LogP contribution < -0.4 is 10.6 Å². The molecule has 1 heterocycles. The van der Waals surface area contributed by atoms with E-state index in [0.29, 0.717) is 6.04 Å². The lowest BCUT2D eigenvalue weighted by Crippen LogP contribution is -2.21. The van der Waals surface area contributed by atoms with Crippen molar-refractivity contribution >= 4 is 11.6 Å². The zero-order valence-electron chi connectivity index (χ0n) is 10.6. The summed E-state index contributed by atoms with van der Waals surface area (Å²) in [5, 5.41) is 6.57. The van der Waals surface area contributed by atoms with Gasteiger partial charge in [0.05, 0.1) is 0 Å². The second kappa shape index (κ2) is 6.42. The summed E-state index contributed by atoms with van der Waals surface area (Å²) < 4.78 is 0. The van der Waals surface area contributed by atoms with Crippen LogP contribution in [-0.2, 0) is 0 Å². The molecule has 1 aromatic rings. The predicted octanol–water partition coefficient (Wildman–Crippen LogP) is 3.04. The fourth-order valence-electron chi connectivity index (χ4n) is 2.38. The predicted molar refractivity (Wildman–Crippen MR) is 71.3 cm³/mol. The first kappa shape index (κ1) is 12.1. The largest absolute Gasteiger partial charge is 0.373 e. The van der Waals surface area contributed by atoms with E-state index in [-0.39, 0.29) is 0 Å². The van der Waals surface area contributed by atoms with Crippen LogP contribution in [0.4, 0.5) is 11.6 Å². The zero-order valence-corrected chi connectivity index (χ0v) is 10.6. The summed E-state index contributed by atoms with van der Waals surface area (Å²) >= 11 is 0. The number of nitrogens with zero attached hydrogens (tertiary/aromatic N) is 2. The van der Waals surface area contributed by atoms with Gasteiger partial charge >= 0.3 is 0 Å². The minimum absolute atomic E-state index is 0.579. The fourth-order valence-corrected chi connectivity index (χ4v) is 2.38. The van der Waals surface area contributed by atoms with Crippen molar-refractivity contribution < 1.29 is 0 Å². The Bertz CT molecular complexity index is 332. The molecule has 0 atom stereocenters. The molecule has 4 heteroatoms. The minimum atomic E-state index is 0.579. The summed E-state index contributed by atoms with van der Waals surface area (Å²) in [6.45, 7) is 0. The Morgan fingerprint density at radius 2 is 1.65 bits per heavy atom. The normalized spacial score (nSPS) is 18.2. The van der Waals surface area contributed by atoms with Crippen LogP contribution in [0.2, 0.25) is 0 Å². The Labute approximate surface area is 103 Å². The molecule has 4 nitrogen and oxygen atoms in total. The maximum atomic E-state index is 4.27. The average Bonchev–Trinajstić information content (AvgIpc) is 2.33. The van der Waals surface area contributed by atoms with E-state index in [1.165, 1.54) is 44.9 Å². The Morgan fingerprint density at radius 3 is 2.35 bits per heavy atom. The molecule has 1 saturated carbocycles. The molecule has 1 aliphatic rings. The first-order valence-corrected chi connectivity index (χ1v) is 6.65. The molecule has 1 aromatic heterocycles. The second-order valence-electron chi connectivity index (χ2n) is 4.72. The third-order valence-electron chi connectivity index (χ3n) is 3.38. The summed E-state index contributed by atoms with van der Waals surface area (Å²) in [5.74, 6) is 1.81. The number of aromatic nitrogens is 2. The van der Waals surface area contributed by atoms with Gasteiger partial charge in [-0.05, 0) is 12.8 Å². The van der Waals surface area contributed by atoms with Gasteiger partial charge in [0, 0.05) is 19.2 Å². The smallest absolute Gasteiger partial charge is 0.131 e. The molecule has 0 aromatic carbocycles. The van der Waals surface area contributed by atoms with Gasteiger partial charge < -0.3 is 10.6 Å². The highest BCUT2D eigenvalue weighted by Gasteiger charge is 2.11. The lowest BCUT2D eigenvalue weighted by atomic mass is 9.97. The van der Waals surface area contributed by atoms with Gasteiger partial charge in [-0.2, -0.15) is 0 Å². The third kappa shape index (κ3) is 3.88. The first-order valence-electron chi connectivity index (χ1n) is 6.65. The Morgan fingerprint density at radius 1 is 1.00 bits per heavy atom. The van der Waals surface area contributed by atoms with Crippen molar-refractivity contribution in [3.63, 3.8) is 0 Å². The van der Waals surface area contributed by atoms with Crippen molar-refractivity contribution in [1.82, 2.24) is 9.97 Å². The molecule has 0 spiro atoms. The van der Waals surface area contributed by atoms with Crippen LogP contribution in [0.5, 0.6) is 0 Å².